The molecular weight excluding hydrogens is 288 g/mol. The number of anilines is 1. The van der Waals surface area contributed by atoms with Crippen LogP contribution >= 0.6 is 0 Å². The van der Waals surface area contributed by atoms with Crippen LogP contribution in [0.1, 0.15) is 33.1 Å². The molecule has 1 saturated heterocycles. The van der Waals surface area contributed by atoms with Gasteiger partial charge in [-0.1, -0.05) is 6.92 Å². The predicted molar refractivity (Wildman–Crippen MR) is 83.8 cm³/mol. The molecule has 0 aromatic heterocycles. The third kappa shape index (κ3) is 3.68. The molecule has 1 aliphatic heterocycles. The Morgan fingerprint density at radius 3 is 2.81 bits per heavy atom. The van der Waals surface area contributed by atoms with Crippen LogP contribution in [0.25, 0.3) is 0 Å². The number of nitrogens with two attached hydrogens (primary N) is 1. The third-order valence-corrected chi connectivity index (χ3v) is 5.78. The Morgan fingerprint density at radius 2 is 2.10 bits per heavy atom. The van der Waals surface area contributed by atoms with Gasteiger partial charge in [0.05, 0.1) is 6.61 Å². The normalized spacial score (nSPS) is 21.0. The van der Waals surface area contributed by atoms with Gasteiger partial charge in [-0.25, -0.2) is 8.42 Å². The van der Waals surface area contributed by atoms with Crippen LogP contribution in [0.2, 0.25) is 0 Å². The summed E-state index contributed by atoms with van der Waals surface area (Å²) in [4.78, 5) is 0.180. The summed E-state index contributed by atoms with van der Waals surface area (Å²) in [5, 5.41) is 0. The molecule has 21 heavy (non-hydrogen) atoms. The lowest BCUT2D eigenvalue weighted by Gasteiger charge is -2.22. The highest BCUT2D eigenvalue weighted by Gasteiger charge is 2.29. The number of hydrogen-bond acceptors (Lipinski definition) is 4. The number of hydrogen-bond donors (Lipinski definition) is 1. The summed E-state index contributed by atoms with van der Waals surface area (Å²) in [6, 6.07) is 4.79. The number of benzene rings is 1. The number of ether oxygens (including phenoxy) is 1. The van der Waals surface area contributed by atoms with Crippen LogP contribution < -0.4 is 10.5 Å². The summed E-state index contributed by atoms with van der Waals surface area (Å²) in [7, 11) is -3.56. The monoisotopic (exact) mass is 312 g/mol. The van der Waals surface area contributed by atoms with E-state index in [1.165, 1.54) is 6.07 Å². The molecule has 1 fully saturated rings. The average Bonchev–Trinajstić information content (AvgIpc) is 2.66. The van der Waals surface area contributed by atoms with Gasteiger partial charge in [-0.15, -0.1) is 0 Å². The SMILES string of the molecule is CCOc1ccc(N)cc1S(=O)(=O)N1CCCC(C)CC1. The van der Waals surface area contributed by atoms with E-state index in [2.05, 4.69) is 6.92 Å². The number of nitrogen functional groups attached to an aromatic ring is 1. The Bertz CT molecular complexity index is 587. The molecule has 2 N–H and O–H groups in total. The lowest BCUT2D eigenvalue weighted by molar-refractivity contribution is 0.328. The second-order valence-corrected chi connectivity index (χ2v) is 7.49. The van der Waals surface area contributed by atoms with Gasteiger partial charge >= 0.3 is 0 Å². The van der Waals surface area contributed by atoms with Crippen LogP contribution in [-0.2, 0) is 10.0 Å². The van der Waals surface area contributed by atoms with E-state index in [4.69, 9.17) is 10.5 Å². The largest absolute Gasteiger partial charge is 0.492 e. The Balaban J connectivity index is 2.36. The molecule has 1 heterocycles. The maximum Gasteiger partial charge on any atom is 0.246 e. The quantitative estimate of drug-likeness (QED) is 0.867. The van der Waals surface area contributed by atoms with Gasteiger partial charge in [0.1, 0.15) is 10.6 Å². The summed E-state index contributed by atoms with van der Waals surface area (Å²) < 4.78 is 32.8. The van der Waals surface area contributed by atoms with Crippen molar-refractivity contribution in [1.82, 2.24) is 4.31 Å². The maximum absolute atomic E-state index is 12.9. The van der Waals surface area contributed by atoms with E-state index in [1.54, 1.807) is 16.4 Å². The molecule has 0 aliphatic carbocycles. The Kier molecular flexibility index (Phi) is 5.11. The molecule has 0 bridgehead atoms. The van der Waals surface area contributed by atoms with E-state index < -0.39 is 10.0 Å². The number of rotatable bonds is 4. The van der Waals surface area contributed by atoms with Crippen molar-refractivity contribution in [3.8, 4) is 5.75 Å². The molecule has 0 radical (unpaired) electrons. The lowest BCUT2D eigenvalue weighted by Crippen LogP contribution is -2.32. The Labute approximate surface area is 127 Å². The van der Waals surface area contributed by atoms with E-state index in [1.807, 2.05) is 6.92 Å². The first-order chi connectivity index (χ1) is 9.95. The van der Waals surface area contributed by atoms with Crippen molar-refractivity contribution >= 4 is 15.7 Å². The highest BCUT2D eigenvalue weighted by Crippen LogP contribution is 2.30. The van der Waals surface area contributed by atoms with Crippen molar-refractivity contribution in [3.63, 3.8) is 0 Å². The molecule has 1 aromatic carbocycles. The first kappa shape index (κ1) is 16.1. The topological polar surface area (TPSA) is 72.6 Å². The van der Waals surface area contributed by atoms with Crippen LogP contribution in [0.5, 0.6) is 5.75 Å². The van der Waals surface area contributed by atoms with Gasteiger partial charge in [-0.3, -0.25) is 0 Å². The third-order valence-electron chi connectivity index (χ3n) is 3.86. The van der Waals surface area contributed by atoms with Crippen molar-refractivity contribution in [2.24, 2.45) is 5.92 Å². The smallest absolute Gasteiger partial charge is 0.246 e. The van der Waals surface area contributed by atoms with Crippen LogP contribution in [0.4, 0.5) is 5.69 Å². The van der Waals surface area contributed by atoms with E-state index in [0.717, 1.165) is 19.3 Å². The van der Waals surface area contributed by atoms with Crippen molar-refractivity contribution in [3.05, 3.63) is 18.2 Å². The first-order valence-electron chi connectivity index (χ1n) is 7.47. The van der Waals surface area contributed by atoms with Crippen LogP contribution in [0.3, 0.4) is 0 Å². The zero-order valence-corrected chi connectivity index (χ0v) is 13.5. The van der Waals surface area contributed by atoms with E-state index in [9.17, 15) is 8.42 Å². The zero-order chi connectivity index (χ0) is 15.5. The lowest BCUT2D eigenvalue weighted by atomic mass is 10.0. The fourth-order valence-corrected chi connectivity index (χ4v) is 4.28. The second-order valence-electron chi connectivity index (χ2n) is 5.58. The van der Waals surface area contributed by atoms with E-state index in [0.29, 0.717) is 37.1 Å². The maximum atomic E-state index is 12.9. The molecule has 5 nitrogen and oxygen atoms in total. The fraction of sp³-hybridized carbons (Fsp3) is 0.600. The molecule has 0 saturated carbocycles. The molecule has 6 heteroatoms. The molecule has 0 spiro atoms. The van der Waals surface area contributed by atoms with Crippen molar-refractivity contribution in [2.75, 3.05) is 25.4 Å². The molecule has 1 atom stereocenters. The predicted octanol–water partition coefficient (Wildman–Crippen LogP) is 2.48. The molecular formula is C15H24N2O3S. The molecule has 1 unspecified atom stereocenters. The standard InChI is InChI=1S/C15H24N2O3S/c1-3-20-14-7-6-13(16)11-15(14)21(18,19)17-9-4-5-12(2)8-10-17/h6-7,11-12H,3-5,8-10,16H2,1-2H3. The number of nitrogens with zero attached hydrogens (tertiary/aromatic N) is 1. The fourth-order valence-electron chi connectivity index (χ4n) is 2.62. The number of sulfonamides is 1. The van der Waals surface area contributed by atoms with Gasteiger partial charge in [0.25, 0.3) is 0 Å². The van der Waals surface area contributed by atoms with Crippen molar-refractivity contribution < 1.29 is 13.2 Å². The summed E-state index contributed by atoms with van der Waals surface area (Å²) in [6.45, 7) is 5.54. The zero-order valence-electron chi connectivity index (χ0n) is 12.7. The summed E-state index contributed by atoms with van der Waals surface area (Å²) >= 11 is 0. The van der Waals surface area contributed by atoms with Gasteiger partial charge < -0.3 is 10.5 Å². The molecule has 118 valence electrons. The van der Waals surface area contributed by atoms with Gasteiger partial charge in [0, 0.05) is 18.8 Å². The van der Waals surface area contributed by atoms with Gasteiger partial charge in [0.2, 0.25) is 10.0 Å². The van der Waals surface area contributed by atoms with Gasteiger partial charge in [-0.2, -0.15) is 4.31 Å². The second kappa shape index (κ2) is 6.66. The molecule has 1 aliphatic rings. The summed E-state index contributed by atoms with van der Waals surface area (Å²) in [5.74, 6) is 0.946. The van der Waals surface area contributed by atoms with Crippen molar-refractivity contribution in [2.45, 2.75) is 38.0 Å². The molecule has 1 aromatic rings. The van der Waals surface area contributed by atoms with E-state index >= 15 is 0 Å². The minimum atomic E-state index is -3.56. The minimum absolute atomic E-state index is 0.180. The van der Waals surface area contributed by atoms with Gasteiger partial charge in [-0.05, 0) is 50.3 Å². The average molecular weight is 312 g/mol. The summed E-state index contributed by atoms with van der Waals surface area (Å²) in [6.07, 6.45) is 2.86. The highest BCUT2D eigenvalue weighted by molar-refractivity contribution is 7.89. The van der Waals surface area contributed by atoms with E-state index in [-0.39, 0.29) is 4.90 Å². The summed E-state index contributed by atoms with van der Waals surface area (Å²) in [5.41, 5.74) is 6.20. The Hall–Kier alpha value is -1.27. The van der Waals surface area contributed by atoms with Crippen LogP contribution in [0, 0.1) is 5.92 Å². The van der Waals surface area contributed by atoms with Crippen LogP contribution in [-0.4, -0.2) is 32.4 Å². The van der Waals surface area contributed by atoms with Crippen LogP contribution in [0.15, 0.2) is 23.1 Å². The molecule has 0 amide bonds. The Morgan fingerprint density at radius 1 is 1.33 bits per heavy atom. The van der Waals surface area contributed by atoms with Crippen molar-refractivity contribution in [1.29, 1.82) is 0 Å². The van der Waals surface area contributed by atoms with Gasteiger partial charge in [0.15, 0.2) is 0 Å². The highest BCUT2D eigenvalue weighted by atomic mass is 32.2. The molecule has 2 rings (SSSR count). The first-order valence-corrected chi connectivity index (χ1v) is 8.91. The minimum Gasteiger partial charge on any atom is -0.492 e.